The lowest BCUT2D eigenvalue weighted by atomic mass is 10.0. The van der Waals surface area contributed by atoms with E-state index in [0.717, 1.165) is 11.0 Å². The Morgan fingerprint density at radius 2 is 1.74 bits per heavy atom. The number of nitrogens with zero attached hydrogens (tertiary/aromatic N) is 1. The topological polar surface area (TPSA) is 12.5 Å². The van der Waals surface area contributed by atoms with E-state index in [2.05, 4.69) is 64.9 Å². The fourth-order valence-corrected chi connectivity index (χ4v) is 3.88. The first-order valence-corrected chi connectivity index (χ1v) is 10.9. The summed E-state index contributed by atoms with van der Waals surface area (Å²) in [6.45, 7) is 3.21. The molecule has 0 N–H and O–H groups in total. The van der Waals surface area contributed by atoms with E-state index >= 15 is 0 Å². The molecule has 0 saturated carbocycles. The summed E-state index contributed by atoms with van der Waals surface area (Å²) >= 11 is 2.45. The lowest BCUT2D eigenvalue weighted by Gasteiger charge is -2.22. The molecule has 2 nitrogen and oxygen atoms in total. The standard InChI is InChI=1S/C20H32INO/c1-2-3-4-5-6-7-11-14-19-15-20(16-21)23-22(19)17-18-12-9-8-10-13-18/h8-10,12-13,19-20H,2-7,11,14-17H2,1H3. The van der Waals surface area contributed by atoms with Crippen LogP contribution >= 0.6 is 22.6 Å². The Hall–Kier alpha value is -0.130. The van der Waals surface area contributed by atoms with Crippen LogP contribution in [0.5, 0.6) is 0 Å². The van der Waals surface area contributed by atoms with Gasteiger partial charge in [0, 0.05) is 17.0 Å². The molecule has 0 spiro atoms. The third kappa shape index (κ3) is 7.10. The van der Waals surface area contributed by atoms with Crippen molar-refractivity contribution in [3.8, 4) is 0 Å². The molecule has 2 atom stereocenters. The van der Waals surface area contributed by atoms with Crippen LogP contribution in [0.4, 0.5) is 0 Å². The minimum absolute atomic E-state index is 0.411. The second-order valence-electron chi connectivity index (χ2n) is 6.74. The van der Waals surface area contributed by atoms with Crippen molar-refractivity contribution in [2.75, 3.05) is 4.43 Å². The third-order valence-corrected chi connectivity index (χ3v) is 5.70. The van der Waals surface area contributed by atoms with E-state index in [1.54, 1.807) is 0 Å². The maximum absolute atomic E-state index is 6.16. The maximum Gasteiger partial charge on any atom is 0.0898 e. The maximum atomic E-state index is 6.16. The number of alkyl halides is 1. The summed E-state index contributed by atoms with van der Waals surface area (Å²) in [6.07, 6.45) is 12.6. The van der Waals surface area contributed by atoms with E-state index in [0.29, 0.717) is 12.1 Å². The largest absolute Gasteiger partial charge is 0.294 e. The van der Waals surface area contributed by atoms with Gasteiger partial charge in [0.1, 0.15) is 0 Å². The minimum atomic E-state index is 0.411. The van der Waals surface area contributed by atoms with Crippen LogP contribution in [0.2, 0.25) is 0 Å². The first-order chi connectivity index (χ1) is 11.3. The lowest BCUT2D eigenvalue weighted by molar-refractivity contribution is -0.164. The molecule has 1 heterocycles. The van der Waals surface area contributed by atoms with E-state index in [1.807, 2.05) is 0 Å². The zero-order valence-corrected chi connectivity index (χ0v) is 16.7. The van der Waals surface area contributed by atoms with Crippen molar-refractivity contribution < 1.29 is 4.84 Å². The molecule has 1 aromatic rings. The van der Waals surface area contributed by atoms with Crippen molar-refractivity contribution in [2.24, 2.45) is 0 Å². The number of hydroxylamine groups is 2. The smallest absolute Gasteiger partial charge is 0.0898 e. The SMILES string of the molecule is CCCCCCCCCC1CC(CI)ON1Cc1ccccc1. The molecule has 2 unspecified atom stereocenters. The lowest BCUT2D eigenvalue weighted by Crippen LogP contribution is -2.27. The van der Waals surface area contributed by atoms with Gasteiger partial charge in [-0.2, -0.15) is 5.06 Å². The average molecular weight is 429 g/mol. The number of halogens is 1. The number of benzene rings is 1. The summed E-state index contributed by atoms with van der Waals surface area (Å²) < 4.78 is 1.09. The fraction of sp³-hybridized carbons (Fsp3) is 0.700. The Bertz CT molecular complexity index is 411. The van der Waals surface area contributed by atoms with Gasteiger partial charge in [-0.15, -0.1) is 0 Å². The van der Waals surface area contributed by atoms with Gasteiger partial charge in [0.2, 0.25) is 0 Å². The van der Waals surface area contributed by atoms with Crippen molar-refractivity contribution in [3.05, 3.63) is 35.9 Å². The summed E-state index contributed by atoms with van der Waals surface area (Å²) in [7, 11) is 0. The monoisotopic (exact) mass is 429 g/mol. The summed E-state index contributed by atoms with van der Waals surface area (Å²) in [4.78, 5) is 6.16. The Labute approximate surface area is 156 Å². The second kappa shape index (κ2) is 11.4. The van der Waals surface area contributed by atoms with Crippen LogP contribution in [0.15, 0.2) is 30.3 Å². The van der Waals surface area contributed by atoms with Crippen LogP contribution in [0, 0.1) is 0 Å². The highest BCUT2D eigenvalue weighted by Crippen LogP contribution is 2.28. The van der Waals surface area contributed by atoms with Crippen molar-refractivity contribution in [1.82, 2.24) is 5.06 Å². The molecule has 1 fully saturated rings. The number of hydrogen-bond acceptors (Lipinski definition) is 2. The molecule has 0 amide bonds. The van der Waals surface area contributed by atoms with Crippen molar-refractivity contribution >= 4 is 22.6 Å². The van der Waals surface area contributed by atoms with E-state index < -0.39 is 0 Å². The second-order valence-corrected chi connectivity index (χ2v) is 7.62. The molecule has 0 aromatic heterocycles. The molecule has 1 aliphatic rings. The highest BCUT2D eigenvalue weighted by Gasteiger charge is 2.32. The van der Waals surface area contributed by atoms with Gasteiger partial charge in [-0.1, -0.05) is 105 Å². The van der Waals surface area contributed by atoms with Gasteiger partial charge in [0.15, 0.2) is 0 Å². The van der Waals surface area contributed by atoms with Gasteiger partial charge in [-0.05, 0) is 18.4 Å². The molecule has 2 rings (SSSR count). The predicted octanol–water partition coefficient (Wildman–Crippen LogP) is 6.14. The summed E-state index contributed by atoms with van der Waals surface area (Å²) in [5, 5.41) is 2.26. The third-order valence-electron chi connectivity index (χ3n) is 4.72. The van der Waals surface area contributed by atoms with Crippen LogP contribution in [-0.4, -0.2) is 21.6 Å². The van der Waals surface area contributed by atoms with Crippen LogP contribution in [0.1, 0.15) is 70.3 Å². The van der Waals surface area contributed by atoms with Crippen LogP contribution < -0.4 is 0 Å². The molecule has 1 saturated heterocycles. The normalized spacial score (nSPS) is 21.8. The number of rotatable bonds is 11. The van der Waals surface area contributed by atoms with Crippen LogP contribution in [0.25, 0.3) is 0 Å². The van der Waals surface area contributed by atoms with Gasteiger partial charge in [-0.25, -0.2) is 0 Å². The van der Waals surface area contributed by atoms with E-state index in [9.17, 15) is 0 Å². The molecular formula is C20H32INO. The van der Waals surface area contributed by atoms with Gasteiger partial charge in [-0.3, -0.25) is 4.84 Å². The zero-order valence-electron chi connectivity index (χ0n) is 14.6. The van der Waals surface area contributed by atoms with E-state index in [1.165, 1.54) is 63.4 Å². The number of hydrogen-bond donors (Lipinski definition) is 0. The van der Waals surface area contributed by atoms with Crippen LogP contribution in [0.3, 0.4) is 0 Å². The summed E-state index contributed by atoms with van der Waals surface area (Å²) in [5.41, 5.74) is 1.35. The highest BCUT2D eigenvalue weighted by atomic mass is 127. The Kier molecular flexibility index (Phi) is 9.54. The van der Waals surface area contributed by atoms with E-state index in [4.69, 9.17) is 4.84 Å². The van der Waals surface area contributed by atoms with Crippen molar-refractivity contribution in [1.29, 1.82) is 0 Å². The van der Waals surface area contributed by atoms with Crippen molar-refractivity contribution in [3.63, 3.8) is 0 Å². The van der Waals surface area contributed by atoms with Gasteiger partial charge >= 0.3 is 0 Å². The first kappa shape index (κ1) is 19.2. The molecule has 0 aliphatic carbocycles. The number of unbranched alkanes of at least 4 members (excludes halogenated alkanes) is 6. The minimum Gasteiger partial charge on any atom is -0.294 e. The molecule has 0 bridgehead atoms. The Morgan fingerprint density at radius 3 is 2.43 bits per heavy atom. The van der Waals surface area contributed by atoms with Crippen LogP contribution in [-0.2, 0) is 11.4 Å². The first-order valence-electron chi connectivity index (χ1n) is 9.36. The average Bonchev–Trinajstić information content (AvgIpc) is 2.97. The predicted molar refractivity (Wildman–Crippen MR) is 107 cm³/mol. The summed E-state index contributed by atoms with van der Waals surface area (Å²) in [5.74, 6) is 0. The summed E-state index contributed by atoms with van der Waals surface area (Å²) in [6, 6.07) is 11.3. The molecule has 0 radical (unpaired) electrons. The Balaban J connectivity index is 1.71. The fourth-order valence-electron chi connectivity index (χ4n) is 3.36. The highest BCUT2D eigenvalue weighted by molar-refractivity contribution is 14.1. The quantitative estimate of drug-likeness (QED) is 0.238. The molecular weight excluding hydrogens is 397 g/mol. The van der Waals surface area contributed by atoms with Gasteiger partial charge < -0.3 is 0 Å². The molecule has 1 aliphatic heterocycles. The zero-order chi connectivity index (χ0) is 16.3. The Morgan fingerprint density at radius 1 is 1.04 bits per heavy atom. The van der Waals surface area contributed by atoms with Gasteiger partial charge in [0.05, 0.1) is 6.10 Å². The van der Waals surface area contributed by atoms with E-state index in [-0.39, 0.29) is 0 Å². The molecule has 130 valence electrons. The molecule has 3 heteroatoms. The molecule has 23 heavy (non-hydrogen) atoms. The molecule has 1 aromatic carbocycles. The van der Waals surface area contributed by atoms with Crippen molar-refractivity contribution in [2.45, 2.75) is 83.4 Å². The van der Waals surface area contributed by atoms with Gasteiger partial charge in [0.25, 0.3) is 0 Å².